The second-order valence-electron chi connectivity index (χ2n) is 6.48. The number of hydrogen-bond donors (Lipinski definition) is 2. The lowest BCUT2D eigenvalue weighted by atomic mass is 9.80. The van der Waals surface area contributed by atoms with Gasteiger partial charge in [0.15, 0.2) is 0 Å². The maximum absolute atomic E-state index is 5.47. The summed E-state index contributed by atoms with van der Waals surface area (Å²) in [5.74, 6) is 0.948. The molecule has 2 N–H and O–H groups in total. The summed E-state index contributed by atoms with van der Waals surface area (Å²) in [4.78, 5) is 0. The molecule has 0 amide bonds. The number of para-hydroxylation sites is 1. The van der Waals surface area contributed by atoms with Crippen molar-refractivity contribution >= 4 is 0 Å². The Bertz CT molecular complexity index is 629. The molecule has 1 heterocycles. The normalized spacial score (nSPS) is 24.3. The van der Waals surface area contributed by atoms with Gasteiger partial charge in [0, 0.05) is 17.6 Å². The predicted molar refractivity (Wildman–Crippen MR) is 94.7 cm³/mol. The Morgan fingerprint density at radius 3 is 2.65 bits per heavy atom. The van der Waals surface area contributed by atoms with Crippen molar-refractivity contribution in [1.82, 2.24) is 10.6 Å². The van der Waals surface area contributed by atoms with Gasteiger partial charge in [-0.15, -0.1) is 0 Å². The maximum Gasteiger partial charge on any atom is 0.123 e. The van der Waals surface area contributed by atoms with Crippen molar-refractivity contribution in [3.8, 4) is 5.75 Å². The van der Waals surface area contributed by atoms with Gasteiger partial charge in [0.2, 0.25) is 0 Å². The number of ether oxygens (including phenoxy) is 1. The van der Waals surface area contributed by atoms with Gasteiger partial charge in [-0.1, -0.05) is 48.5 Å². The molecule has 3 heteroatoms. The standard InChI is InChI=1S/C20H26N2O/c1-20(22-15-17-11-6-7-12-18(17)23-2)13-8-14-21-19(20)16-9-4-3-5-10-16/h3-7,9-12,19,21-22H,8,13-15H2,1-2H3/t19-,20+/m0/s1. The van der Waals surface area contributed by atoms with Crippen molar-refractivity contribution in [2.75, 3.05) is 13.7 Å². The van der Waals surface area contributed by atoms with Crippen LogP contribution < -0.4 is 15.4 Å². The van der Waals surface area contributed by atoms with E-state index in [0.29, 0.717) is 6.04 Å². The van der Waals surface area contributed by atoms with E-state index < -0.39 is 0 Å². The lowest BCUT2D eigenvalue weighted by Crippen LogP contribution is -2.55. The van der Waals surface area contributed by atoms with Crippen molar-refractivity contribution in [2.45, 2.75) is 37.9 Å². The number of methoxy groups -OCH3 is 1. The number of nitrogens with one attached hydrogen (secondary N) is 2. The van der Waals surface area contributed by atoms with Gasteiger partial charge in [0.05, 0.1) is 13.2 Å². The molecule has 2 atom stereocenters. The Morgan fingerprint density at radius 2 is 1.87 bits per heavy atom. The molecule has 0 spiro atoms. The van der Waals surface area contributed by atoms with E-state index in [-0.39, 0.29) is 5.54 Å². The van der Waals surface area contributed by atoms with E-state index in [1.165, 1.54) is 17.5 Å². The summed E-state index contributed by atoms with van der Waals surface area (Å²) in [6, 6.07) is 19.3. The predicted octanol–water partition coefficient (Wildman–Crippen LogP) is 3.67. The average molecular weight is 310 g/mol. The third-order valence-corrected chi connectivity index (χ3v) is 4.87. The minimum Gasteiger partial charge on any atom is -0.496 e. The third-order valence-electron chi connectivity index (χ3n) is 4.87. The van der Waals surface area contributed by atoms with Crippen LogP contribution in [0, 0.1) is 0 Å². The van der Waals surface area contributed by atoms with Crippen LogP contribution in [0.15, 0.2) is 54.6 Å². The lowest BCUT2D eigenvalue weighted by molar-refractivity contribution is 0.196. The van der Waals surface area contributed by atoms with E-state index in [0.717, 1.165) is 25.3 Å². The fraction of sp³-hybridized carbons (Fsp3) is 0.400. The summed E-state index contributed by atoms with van der Waals surface area (Å²) in [6.45, 7) is 4.21. The van der Waals surface area contributed by atoms with E-state index in [1.54, 1.807) is 7.11 Å². The van der Waals surface area contributed by atoms with Gasteiger partial charge in [-0.3, -0.25) is 0 Å². The zero-order valence-electron chi connectivity index (χ0n) is 14.0. The van der Waals surface area contributed by atoms with Crippen LogP contribution in [-0.4, -0.2) is 19.2 Å². The average Bonchev–Trinajstić information content (AvgIpc) is 2.61. The Hall–Kier alpha value is -1.84. The van der Waals surface area contributed by atoms with Gasteiger partial charge in [0.25, 0.3) is 0 Å². The smallest absolute Gasteiger partial charge is 0.123 e. The highest BCUT2D eigenvalue weighted by atomic mass is 16.5. The number of benzene rings is 2. The zero-order chi connectivity index (χ0) is 16.1. The summed E-state index contributed by atoms with van der Waals surface area (Å²) in [7, 11) is 1.73. The van der Waals surface area contributed by atoms with Crippen molar-refractivity contribution < 1.29 is 4.74 Å². The van der Waals surface area contributed by atoms with Crippen LogP contribution in [0.3, 0.4) is 0 Å². The third kappa shape index (κ3) is 3.57. The molecule has 3 rings (SSSR count). The fourth-order valence-electron chi connectivity index (χ4n) is 3.54. The first-order chi connectivity index (χ1) is 11.2. The summed E-state index contributed by atoms with van der Waals surface area (Å²) >= 11 is 0. The van der Waals surface area contributed by atoms with Crippen LogP contribution in [0.4, 0.5) is 0 Å². The highest BCUT2D eigenvalue weighted by Gasteiger charge is 2.36. The summed E-state index contributed by atoms with van der Waals surface area (Å²) in [5.41, 5.74) is 2.58. The molecule has 0 aliphatic carbocycles. The second kappa shape index (κ2) is 7.16. The molecule has 2 aromatic rings. The fourth-order valence-corrected chi connectivity index (χ4v) is 3.54. The van der Waals surface area contributed by atoms with Crippen LogP contribution >= 0.6 is 0 Å². The van der Waals surface area contributed by atoms with Gasteiger partial charge in [-0.05, 0) is 37.9 Å². The molecule has 0 saturated carbocycles. The van der Waals surface area contributed by atoms with E-state index in [4.69, 9.17) is 4.74 Å². The lowest BCUT2D eigenvalue weighted by Gasteiger charge is -2.43. The molecule has 0 unspecified atom stereocenters. The number of hydrogen-bond acceptors (Lipinski definition) is 3. The van der Waals surface area contributed by atoms with Gasteiger partial charge >= 0.3 is 0 Å². The molecule has 1 fully saturated rings. The molecule has 23 heavy (non-hydrogen) atoms. The zero-order valence-corrected chi connectivity index (χ0v) is 14.0. The van der Waals surface area contributed by atoms with Crippen molar-refractivity contribution in [3.05, 3.63) is 65.7 Å². The first-order valence-corrected chi connectivity index (χ1v) is 8.38. The number of rotatable bonds is 5. The quantitative estimate of drug-likeness (QED) is 0.884. The van der Waals surface area contributed by atoms with Crippen molar-refractivity contribution in [1.29, 1.82) is 0 Å². The Balaban J connectivity index is 1.78. The Morgan fingerprint density at radius 1 is 1.13 bits per heavy atom. The Kier molecular flexibility index (Phi) is 4.99. The van der Waals surface area contributed by atoms with Gasteiger partial charge in [-0.2, -0.15) is 0 Å². The summed E-state index contributed by atoms with van der Waals surface area (Å²) in [5, 5.41) is 7.49. The molecule has 1 aliphatic heterocycles. The first kappa shape index (κ1) is 16.0. The molecule has 0 aromatic heterocycles. The highest BCUT2D eigenvalue weighted by Crippen LogP contribution is 2.33. The maximum atomic E-state index is 5.47. The molecule has 0 radical (unpaired) electrons. The topological polar surface area (TPSA) is 33.3 Å². The molecular weight excluding hydrogens is 284 g/mol. The molecule has 3 nitrogen and oxygen atoms in total. The molecule has 2 aromatic carbocycles. The van der Waals surface area contributed by atoms with Crippen LogP contribution in [-0.2, 0) is 6.54 Å². The van der Waals surface area contributed by atoms with E-state index in [9.17, 15) is 0 Å². The first-order valence-electron chi connectivity index (χ1n) is 8.38. The second-order valence-corrected chi connectivity index (χ2v) is 6.48. The van der Waals surface area contributed by atoms with Gasteiger partial charge < -0.3 is 15.4 Å². The van der Waals surface area contributed by atoms with Crippen molar-refractivity contribution in [3.63, 3.8) is 0 Å². The largest absolute Gasteiger partial charge is 0.496 e. The van der Waals surface area contributed by atoms with E-state index in [1.807, 2.05) is 12.1 Å². The van der Waals surface area contributed by atoms with E-state index in [2.05, 4.69) is 60.0 Å². The number of piperidine rings is 1. The van der Waals surface area contributed by atoms with Crippen molar-refractivity contribution in [2.24, 2.45) is 0 Å². The summed E-state index contributed by atoms with van der Waals surface area (Å²) < 4.78 is 5.47. The van der Waals surface area contributed by atoms with Gasteiger partial charge in [0.1, 0.15) is 5.75 Å². The SMILES string of the molecule is COc1ccccc1CN[C@]1(C)CCCN[C@H]1c1ccccc1. The minimum atomic E-state index is 0.0282. The Labute approximate surface area is 139 Å². The monoisotopic (exact) mass is 310 g/mol. The van der Waals surface area contributed by atoms with E-state index >= 15 is 0 Å². The van der Waals surface area contributed by atoms with Crippen LogP contribution in [0.1, 0.15) is 36.9 Å². The molecule has 1 saturated heterocycles. The molecule has 1 aliphatic rings. The molecule has 122 valence electrons. The van der Waals surface area contributed by atoms with Crippen LogP contribution in [0.25, 0.3) is 0 Å². The highest BCUT2D eigenvalue weighted by molar-refractivity contribution is 5.33. The van der Waals surface area contributed by atoms with Crippen LogP contribution in [0.5, 0.6) is 5.75 Å². The molecular formula is C20H26N2O. The van der Waals surface area contributed by atoms with Gasteiger partial charge in [-0.25, -0.2) is 0 Å². The minimum absolute atomic E-state index is 0.0282. The van der Waals surface area contributed by atoms with Crippen LogP contribution in [0.2, 0.25) is 0 Å². The summed E-state index contributed by atoms with van der Waals surface area (Å²) in [6.07, 6.45) is 2.35. The molecule has 0 bridgehead atoms.